The molecular weight excluding hydrogens is 290 g/mol. The maximum Gasteiger partial charge on any atom is 0.221 e. The topological polar surface area (TPSA) is 53.6 Å². The summed E-state index contributed by atoms with van der Waals surface area (Å²) in [6.07, 6.45) is 0.472. The first kappa shape index (κ1) is 17.9. The lowest BCUT2D eigenvalue weighted by atomic mass is 10.1. The van der Waals surface area contributed by atoms with Crippen LogP contribution in [0.2, 0.25) is 0 Å². The predicted molar refractivity (Wildman–Crippen MR) is 92.1 cm³/mol. The van der Waals surface area contributed by atoms with Gasteiger partial charge >= 0.3 is 0 Å². The van der Waals surface area contributed by atoms with E-state index in [1.165, 1.54) is 5.56 Å². The van der Waals surface area contributed by atoms with Gasteiger partial charge in [0.1, 0.15) is 0 Å². The highest BCUT2D eigenvalue weighted by Gasteiger charge is 2.16. The number of amides is 1. The van der Waals surface area contributed by atoms with E-state index in [0.29, 0.717) is 19.6 Å². The molecular formula is C18H29N3O2. The van der Waals surface area contributed by atoms with Crippen molar-refractivity contribution in [2.45, 2.75) is 39.4 Å². The minimum absolute atomic E-state index is 0.0696. The van der Waals surface area contributed by atoms with Crippen molar-refractivity contribution in [1.82, 2.24) is 15.5 Å². The Bertz CT molecular complexity index is 466. The Morgan fingerprint density at radius 2 is 1.96 bits per heavy atom. The molecule has 5 nitrogen and oxygen atoms in total. The van der Waals surface area contributed by atoms with E-state index in [1.807, 2.05) is 0 Å². The summed E-state index contributed by atoms with van der Waals surface area (Å²) in [7, 11) is 0. The molecule has 1 fully saturated rings. The number of carbonyl (C=O) groups is 1. The minimum atomic E-state index is 0.0696. The molecule has 1 unspecified atom stereocenters. The minimum Gasteiger partial charge on any atom is -0.378 e. The Kier molecular flexibility index (Phi) is 7.52. The van der Waals surface area contributed by atoms with Crippen molar-refractivity contribution in [3.63, 3.8) is 0 Å². The first-order valence-electron chi connectivity index (χ1n) is 8.59. The van der Waals surface area contributed by atoms with Gasteiger partial charge in [-0.15, -0.1) is 0 Å². The second-order valence-electron chi connectivity index (χ2n) is 5.98. The number of rotatable bonds is 8. The van der Waals surface area contributed by atoms with E-state index in [9.17, 15) is 4.79 Å². The van der Waals surface area contributed by atoms with Gasteiger partial charge in [-0.2, -0.15) is 0 Å². The quantitative estimate of drug-likeness (QED) is 0.763. The molecule has 5 heteroatoms. The monoisotopic (exact) mass is 319 g/mol. The van der Waals surface area contributed by atoms with E-state index in [4.69, 9.17) is 4.74 Å². The van der Waals surface area contributed by atoms with Crippen molar-refractivity contribution in [2.75, 3.05) is 32.8 Å². The van der Waals surface area contributed by atoms with Gasteiger partial charge in [-0.25, -0.2) is 0 Å². The van der Waals surface area contributed by atoms with Gasteiger partial charge in [0.25, 0.3) is 0 Å². The van der Waals surface area contributed by atoms with Gasteiger partial charge in [0, 0.05) is 32.1 Å². The molecule has 0 saturated carbocycles. The Morgan fingerprint density at radius 1 is 1.26 bits per heavy atom. The van der Waals surface area contributed by atoms with Crippen molar-refractivity contribution in [2.24, 2.45) is 0 Å². The fourth-order valence-electron chi connectivity index (χ4n) is 2.72. The fraction of sp³-hybridized carbons (Fsp3) is 0.611. The zero-order valence-corrected chi connectivity index (χ0v) is 14.3. The molecule has 1 aliphatic heterocycles. The van der Waals surface area contributed by atoms with Crippen molar-refractivity contribution in [1.29, 1.82) is 0 Å². The van der Waals surface area contributed by atoms with Gasteiger partial charge in [-0.1, -0.05) is 38.1 Å². The zero-order chi connectivity index (χ0) is 16.5. The Hall–Kier alpha value is -1.43. The van der Waals surface area contributed by atoms with E-state index in [1.54, 1.807) is 0 Å². The molecule has 128 valence electrons. The van der Waals surface area contributed by atoms with Crippen LogP contribution >= 0.6 is 0 Å². The fourth-order valence-corrected chi connectivity index (χ4v) is 2.72. The molecule has 1 aromatic carbocycles. The Labute approximate surface area is 139 Å². The average Bonchev–Trinajstić information content (AvgIpc) is 2.60. The molecule has 0 aromatic heterocycles. The van der Waals surface area contributed by atoms with Crippen LogP contribution in [0.3, 0.4) is 0 Å². The number of morpholine rings is 1. The molecule has 0 spiro atoms. The smallest absolute Gasteiger partial charge is 0.221 e. The van der Waals surface area contributed by atoms with Crippen LogP contribution in [0.1, 0.15) is 31.4 Å². The number of ether oxygens (including phenoxy) is 1. The Balaban J connectivity index is 1.73. The van der Waals surface area contributed by atoms with Gasteiger partial charge in [0.15, 0.2) is 0 Å². The summed E-state index contributed by atoms with van der Waals surface area (Å²) in [4.78, 5) is 14.3. The first-order chi connectivity index (χ1) is 11.2. The van der Waals surface area contributed by atoms with Crippen LogP contribution in [-0.4, -0.2) is 49.7 Å². The molecule has 23 heavy (non-hydrogen) atoms. The van der Waals surface area contributed by atoms with Gasteiger partial charge in [0.2, 0.25) is 5.91 Å². The number of hydrogen-bond acceptors (Lipinski definition) is 4. The summed E-state index contributed by atoms with van der Waals surface area (Å²) in [5.74, 6) is 0.0696. The average molecular weight is 319 g/mol. The van der Waals surface area contributed by atoms with Gasteiger partial charge in [0.05, 0.1) is 13.2 Å². The molecule has 0 bridgehead atoms. The number of hydrogen-bond donors (Lipinski definition) is 2. The first-order valence-corrected chi connectivity index (χ1v) is 8.59. The molecule has 1 heterocycles. The summed E-state index contributed by atoms with van der Waals surface area (Å²) in [6, 6.07) is 8.63. The van der Waals surface area contributed by atoms with E-state index < -0.39 is 0 Å². The molecule has 1 amide bonds. The van der Waals surface area contributed by atoms with Crippen LogP contribution in [0, 0.1) is 0 Å². The predicted octanol–water partition coefficient (Wildman–Crippen LogP) is 1.52. The SMILES string of the molecule is CCN(CC)Cc1ccc(CNC(=O)CC2COCCN2)cc1. The molecule has 2 N–H and O–H groups in total. The summed E-state index contributed by atoms with van der Waals surface area (Å²) in [5, 5.41) is 6.28. The van der Waals surface area contributed by atoms with Crippen LogP contribution in [0.5, 0.6) is 0 Å². The number of nitrogens with zero attached hydrogens (tertiary/aromatic N) is 1. The standard InChI is InChI=1S/C18H29N3O2/c1-3-21(4-2)13-16-7-5-15(6-8-16)12-20-18(22)11-17-14-23-10-9-19-17/h5-8,17,19H,3-4,9-14H2,1-2H3,(H,20,22). The van der Waals surface area contributed by atoms with Gasteiger partial charge < -0.3 is 15.4 Å². The third-order valence-corrected chi connectivity index (χ3v) is 4.24. The molecule has 1 saturated heterocycles. The second kappa shape index (κ2) is 9.65. The highest BCUT2D eigenvalue weighted by molar-refractivity contribution is 5.76. The molecule has 2 rings (SSSR count). The molecule has 0 radical (unpaired) electrons. The number of nitrogens with one attached hydrogen (secondary N) is 2. The third-order valence-electron chi connectivity index (χ3n) is 4.24. The largest absolute Gasteiger partial charge is 0.378 e. The van der Waals surface area contributed by atoms with Gasteiger partial charge in [-0.05, 0) is 24.2 Å². The van der Waals surface area contributed by atoms with E-state index in [-0.39, 0.29) is 11.9 Å². The summed E-state index contributed by atoms with van der Waals surface area (Å²) >= 11 is 0. The summed E-state index contributed by atoms with van der Waals surface area (Å²) in [5.41, 5.74) is 2.45. The maximum atomic E-state index is 12.0. The number of benzene rings is 1. The van der Waals surface area contributed by atoms with Crippen molar-refractivity contribution in [3.8, 4) is 0 Å². The normalized spacial score (nSPS) is 18.1. The molecule has 0 aliphatic carbocycles. The summed E-state index contributed by atoms with van der Waals surface area (Å²) in [6.45, 7) is 10.2. The van der Waals surface area contributed by atoms with E-state index >= 15 is 0 Å². The van der Waals surface area contributed by atoms with Crippen LogP contribution in [0.15, 0.2) is 24.3 Å². The zero-order valence-electron chi connectivity index (χ0n) is 14.3. The lowest BCUT2D eigenvalue weighted by Gasteiger charge is -2.23. The van der Waals surface area contributed by atoms with Crippen LogP contribution in [-0.2, 0) is 22.6 Å². The van der Waals surface area contributed by atoms with E-state index in [0.717, 1.165) is 38.3 Å². The molecule has 1 atom stereocenters. The van der Waals surface area contributed by atoms with E-state index in [2.05, 4.69) is 53.6 Å². The van der Waals surface area contributed by atoms with Crippen molar-refractivity contribution >= 4 is 5.91 Å². The van der Waals surface area contributed by atoms with Crippen molar-refractivity contribution in [3.05, 3.63) is 35.4 Å². The number of carbonyl (C=O) groups excluding carboxylic acids is 1. The van der Waals surface area contributed by atoms with Crippen LogP contribution in [0.25, 0.3) is 0 Å². The lowest BCUT2D eigenvalue weighted by molar-refractivity contribution is -0.122. The third kappa shape index (κ3) is 6.29. The maximum absolute atomic E-state index is 12.0. The highest BCUT2D eigenvalue weighted by Crippen LogP contribution is 2.08. The van der Waals surface area contributed by atoms with Crippen molar-refractivity contribution < 1.29 is 9.53 Å². The highest BCUT2D eigenvalue weighted by atomic mass is 16.5. The molecule has 1 aromatic rings. The second-order valence-corrected chi connectivity index (χ2v) is 5.98. The molecule has 1 aliphatic rings. The summed E-state index contributed by atoms with van der Waals surface area (Å²) < 4.78 is 5.36. The van der Waals surface area contributed by atoms with Crippen LogP contribution < -0.4 is 10.6 Å². The van der Waals surface area contributed by atoms with Crippen LogP contribution in [0.4, 0.5) is 0 Å². The lowest BCUT2D eigenvalue weighted by Crippen LogP contribution is -2.44. The van der Waals surface area contributed by atoms with Gasteiger partial charge in [-0.3, -0.25) is 9.69 Å². The Morgan fingerprint density at radius 3 is 2.57 bits per heavy atom.